The van der Waals surface area contributed by atoms with Crippen molar-refractivity contribution in [3.05, 3.63) is 46.8 Å². The van der Waals surface area contributed by atoms with Gasteiger partial charge in [0.2, 0.25) is 0 Å². The summed E-state index contributed by atoms with van der Waals surface area (Å²) in [5.74, 6) is 0.819. The Hall–Kier alpha value is -2.05. The molecule has 1 N–H and O–H groups in total. The third kappa shape index (κ3) is 4.24. The Labute approximate surface area is 140 Å². The van der Waals surface area contributed by atoms with Crippen molar-refractivity contribution in [2.24, 2.45) is 0 Å². The van der Waals surface area contributed by atoms with E-state index >= 15 is 0 Å². The number of rotatable bonds is 3. The van der Waals surface area contributed by atoms with Gasteiger partial charge in [0.05, 0.1) is 5.69 Å². The van der Waals surface area contributed by atoms with Crippen molar-refractivity contribution in [2.75, 3.05) is 31.5 Å². The lowest BCUT2D eigenvalue weighted by atomic mass is 10.3. The molecular weight excluding hydrogens is 316 g/mol. The molecular formula is C16H19ClN4O2. The van der Waals surface area contributed by atoms with E-state index in [1.54, 1.807) is 12.1 Å². The van der Waals surface area contributed by atoms with Gasteiger partial charge in [-0.15, -0.1) is 0 Å². The highest BCUT2D eigenvalue weighted by atomic mass is 35.5. The van der Waals surface area contributed by atoms with Crippen molar-refractivity contribution >= 4 is 23.3 Å². The molecule has 0 aliphatic carbocycles. The summed E-state index contributed by atoms with van der Waals surface area (Å²) in [5.41, 5.74) is 1.64. The number of carbonyl (C=O) groups is 1. The normalized spacial score (nSPS) is 15.7. The van der Waals surface area contributed by atoms with Crippen molar-refractivity contribution < 1.29 is 9.32 Å². The first-order chi connectivity index (χ1) is 11.1. The summed E-state index contributed by atoms with van der Waals surface area (Å²) in [7, 11) is 0. The van der Waals surface area contributed by atoms with E-state index in [2.05, 4.69) is 15.4 Å². The average molecular weight is 335 g/mol. The second kappa shape index (κ2) is 7.02. The molecule has 1 aliphatic heterocycles. The fraction of sp³-hybridized carbons (Fsp3) is 0.375. The van der Waals surface area contributed by atoms with E-state index in [-0.39, 0.29) is 6.03 Å². The zero-order valence-corrected chi connectivity index (χ0v) is 13.7. The molecule has 0 bridgehead atoms. The van der Waals surface area contributed by atoms with Crippen LogP contribution in [0, 0.1) is 6.92 Å². The minimum absolute atomic E-state index is 0.0933. The quantitative estimate of drug-likeness (QED) is 0.937. The van der Waals surface area contributed by atoms with E-state index in [0.29, 0.717) is 23.8 Å². The highest BCUT2D eigenvalue weighted by molar-refractivity contribution is 6.30. The predicted molar refractivity (Wildman–Crippen MR) is 88.6 cm³/mol. The monoisotopic (exact) mass is 334 g/mol. The molecule has 0 atom stereocenters. The Bertz CT molecular complexity index is 680. The van der Waals surface area contributed by atoms with E-state index in [0.717, 1.165) is 31.1 Å². The third-order valence-electron chi connectivity index (χ3n) is 3.80. The van der Waals surface area contributed by atoms with Crippen LogP contribution < -0.4 is 5.32 Å². The van der Waals surface area contributed by atoms with E-state index in [4.69, 9.17) is 16.1 Å². The van der Waals surface area contributed by atoms with Crippen molar-refractivity contribution in [3.63, 3.8) is 0 Å². The van der Waals surface area contributed by atoms with Crippen molar-refractivity contribution in [2.45, 2.75) is 13.5 Å². The van der Waals surface area contributed by atoms with Gasteiger partial charge in [0.1, 0.15) is 5.76 Å². The summed E-state index contributed by atoms with van der Waals surface area (Å²) in [4.78, 5) is 16.3. The van der Waals surface area contributed by atoms with Crippen LogP contribution in [0.1, 0.15) is 11.5 Å². The number of nitrogens with one attached hydrogen (secondary N) is 1. The molecule has 7 heteroatoms. The number of hydrogen-bond acceptors (Lipinski definition) is 4. The summed E-state index contributed by atoms with van der Waals surface area (Å²) >= 11 is 5.93. The number of benzene rings is 1. The van der Waals surface area contributed by atoms with E-state index < -0.39 is 0 Å². The Balaban J connectivity index is 1.49. The summed E-state index contributed by atoms with van der Waals surface area (Å²) in [6.45, 7) is 5.63. The molecule has 2 aromatic rings. The zero-order valence-electron chi connectivity index (χ0n) is 13.0. The number of carbonyl (C=O) groups excluding carboxylic acids is 1. The highest BCUT2D eigenvalue weighted by Crippen LogP contribution is 2.16. The van der Waals surface area contributed by atoms with E-state index in [1.165, 1.54) is 0 Å². The van der Waals surface area contributed by atoms with Crippen LogP contribution in [0.3, 0.4) is 0 Å². The van der Waals surface area contributed by atoms with Crippen LogP contribution in [-0.4, -0.2) is 47.2 Å². The number of urea groups is 1. The molecule has 1 aromatic carbocycles. The zero-order chi connectivity index (χ0) is 16.2. The Morgan fingerprint density at radius 3 is 2.74 bits per heavy atom. The molecule has 0 unspecified atom stereocenters. The second-order valence-corrected chi connectivity index (χ2v) is 6.07. The van der Waals surface area contributed by atoms with Gasteiger partial charge in [0.25, 0.3) is 0 Å². The third-order valence-corrected chi connectivity index (χ3v) is 4.03. The standard InChI is InChI=1S/C16H19ClN4O2/c1-12-9-15(19-23-12)11-20-5-7-21(8-6-20)16(22)18-14-4-2-3-13(17)10-14/h2-4,9-10H,5-8,11H2,1H3,(H,18,22). The van der Waals surface area contributed by atoms with Crippen LogP contribution in [-0.2, 0) is 6.54 Å². The topological polar surface area (TPSA) is 61.6 Å². The van der Waals surface area contributed by atoms with Gasteiger partial charge < -0.3 is 14.7 Å². The van der Waals surface area contributed by atoms with Crippen molar-refractivity contribution in [1.29, 1.82) is 0 Å². The molecule has 2 amide bonds. The molecule has 1 saturated heterocycles. The van der Waals surface area contributed by atoms with Crippen LogP contribution in [0.15, 0.2) is 34.9 Å². The van der Waals surface area contributed by atoms with E-state index in [1.807, 2.05) is 30.0 Å². The van der Waals surface area contributed by atoms with Crippen molar-refractivity contribution in [1.82, 2.24) is 15.0 Å². The van der Waals surface area contributed by atoms with Crippen LogP contribution in [0.5, 0.6) is 0 Å². The number of nitrogens with zero attached hydrogens (tertiary/aromatic N) is 3. The largest absolute Gasteiger partial charge is 0.361 e. The minimum Gasteiger partial charge on any atom is -0.361 e. The molecule has 122 valence electrons. The predicted octanol–water partition coefficient (Wildman–Crippen LogP) is 2.99. The number of halogens is 1. The lowest BCUT2D eigenvalue weighted by molar-refractivity contribution is 0.141. The number of piperazine rings is 1. The number of aromatic nitrogens is 1. The molecule has 0 radical (unpaired) electrons. The van der Waals surface area contributed by atoms with Crippen LogP contribution in [0.25, 0.3) is 0 Å². The molecule has 0 spiro atoms. The summed E-state index contributed by atoms with van der Waals surface area (Å²) in [6.07, 6.45) is 0. The highest BCUT2D eigenvalue weighted by Gasteiger charge is 2.21. The summed E-state index contributed by atoms with van der Waals surface area (Å²) in [6, 6.07) is 9.01. The second-order valence-electron chi connectivity index (χ2n) is 5.63. The Morgan fingerprint density at radius 2 is 2.09 bits per heavy atom. The summed E-state index contributed by atoms with van der Waals surface area (Å²) < 4.78 is 5.08. The minimum atomic E-state index is -0.0933. The van der Waals surface area contributed by atoms with Gasteiger partial charge in [-0.05, 0) is 25.1 Å². The van der Waals surface area contributed by atoms with Gasteiger partial charge in [-0.25, -0.2) is 4.79 Å². The molecule has 1 aromatic heterocycles. The molecule has 2 heterocycles. The average Bonchev–Trinajstić information content (AvgIpc) is 2.93. The van der Waals surface area contributed by atoms with Gasteiger partial charge in [0.15, 0.2) is 0 Å². The number of amides is 2. The first kappa shape index (κ1) is 15.8. The van der Waals surface area contributed by atoms with Crippen LogP contribution in [0.4, 0.5) is 10.5 Å². The first-order valence-corrected chi connectivity index (χ1v) is 7.94. The Kier molecular flexibility index (Phi) is 4.83. The fourth-order valence-corrected chi connectivity index (χ4v) is 2.79. The fourth-order valence-electron chi connectivity index (χ4n) is 2.60. The maximum atomic E-state index is 12.3. The Morgan fingerprint density at radius 1 is 1.30 bits per heavy atom. The SMILES string of the molecule is Cc1cc(CN2CCN(C(=O)Nc3cccc(Cl)c3)CC2)no1. The van der Waals surface area contributed by atoms with Gasteiger partial charge in [-0.3, -0.25) is 4.90 Å². The number of anilines is 1. The maximum Gasteiger partial charge on any atom is 0.321 e. The van der Waals surface area contributed by atoms with Crippen molar-refractivity contribution in [3.8, 4) is 0 Å². The molecule has 0 saturated carbocycles. The molecule has 23 heavy (non-hydrogen) atoms. The summed E-state index contributed by atoms with van der Waals surface area (Å²) in [5, 5.41) is 7.49. The van der Waals surface area contributed by atoms with Gasteiger partial charge in [-0.2, -0.15) is 0 Å². The van der Waals surface area contributed by atoms with Crippen LogP contribution >= 0.6 is 11.6 Å². The molecule has 3 rings (SSSR count). The van der Waals surface area contributed by atoms with Gasteiger partial charge >= 0.3 is 6.03 Å². The smallest absolute Gasteiger partial charge is 0.321 e. The lowest BCUT2D eigenvalue weighted by Gasteiger charge is -2.34. The number of hydrogen-bond donors (Lipinski definition) is 1. The molecule has 1 fully saturated rings. The lowest BCUT2D eigenvalue weighted by Crippen LogP contribution is -2.49. The number of aryl methyl sites for hydroxylation is 1. The molecule has 1 aliphatic rings. The first-order valence-electron chi connectivity index (χ1n) is 7.56. The van der Waals surface area contributed by atoms with Gasteiger partial charge in [0, 0.05) is 49.5 Å². The maximum absolute atomic E-state index is 12.3. The van der Waals surface area contributed by atoms with E-state index in [9.17, 15) is 4.79 Å². The molecule has 6 nitrogen and oxygen atoms in total. The van der Waals surface area contributed by atoms with Gasteiger partial charge in [-0.1, -0.05) is 22.8 Å². The van der Waals surface area contributed by atoms with Crippen LogP contribution in [0.2, 0.25) is 5.02 Å².